The zero-order valence-electron chi connectivity index (χ0n) is 17.1. The summed E-state index contributed by atoms with van der Waals surface area (Å²) in [6.45, 7) is 3.38. The molecule has 2 saturated heterocycles. The maximum absolute atomic E-state index is 12.9. The van der Waals surface area contributed by atoms with Crippen LogP contribution in [0, 0.1) is 5.92 Å². The molecule has 0 unspecified atom stereocenters. The molecule has 0 spiro atoms. The Balaban J connectivity index is 1.36. The second-order valence-electron chi connectivity index (χ2n) is 8.39. The fourth-order valence-corrected chi connectivity index (χ4v) is 4.91. The van der Waals surface area contributed by atoms with Gasteiger partial charge in [-0.2, -0.15) is 0 Å². The first-order chi connectivity index (χ1) is 14.1. The van der Waals surface area contributed by atoms with Gasteiger partial charge < -0.3 is 23.8 Å². The van der Waals surface area contributed by atoms with E-state index in [0.29, 0.717) is 0 Å². The summed E-state index contributed by atoms with van der Waals surface area (Å²) in [6, 6.07) is 5.97. The standard InChI is InChI=1S/C22H28N4O3/c1-24-18(15-6-7-19-20(11-15)29-14-28-19)12-23-21(24)17-10-16(22(27)25(17)2)13-26-8-4-3-5-9-26/h6-7,11-12,16-17H,3-5,8-10,13-14H2,1-2H3/t16-,17+/m1/s1. The molecule has 7 nitrogen and oxygen atoms in total. The number of rotatable bonds is 4. The topological polar surface area (TPSA) is 59.8 Å². The lowest BCUT2D eigenvalue weighted by atomic mass is 10.0. The van der Waals surface area contributed by atoms with Crippen LogP contribution in [0.1, 0.15) is 37.5 Å². The van der Waals surface area contributed by atoms with Crippen molar-refractivity contribution >= 4 is 5.91 Å². The number of nitrogens with zero attached hydrogens (tertiary/aromatic N) is 4. The molecular weight excluding hydrogens is 368 g/mol. The van der Waals surface area contributed by atoms with E-state index in [1.807, 2.05) is 43.4 Å². The minimum absolute atomic E-state index is 0.0186. The molecule has 154 valence electrons. The molecule has 0 N–H and O–H groups in total. The molecule has 2 atom stereocenters. The van der Waals surface area contributed by atoms with Crippen molar-refractivity contribution in [2.45, 2.75) is 31.7 Å². The third-order valence-electron chi connectivity index (χ3n) is 6.59. The van der Waals surface area contributed by atoms with E-state index in [1.165, 1.54) is 19.3 Å². The molecule has 0 radical (unpaired) electrons. The van der Waals surface area contributed by atoms with E-state index in [1.54, 1.807) is 0 Å². The highest BCUT2D eigenvalue weighted by Crippen LogP contribution is 2.39. The Hall–Kier alpha value is -2.54. The molecule has 3 aliphatic rings. The maximum Gasteiger partial charge on any atom is 0.231 e. The van der Waals surface area contributed by atoms with E-state index in [-0.39, 0.29) is 24.7 Å². The first-order valence-corrected chi connectivity index (χ1v) is 10.5. The number of carbonyl (C=O) groups excluding carboxylic acids is 1. The van der Waals surface area contributed by atoms with E-state index in [2.05, 4.69) is 9.47 Å². The lowest BCUT2D eigenvalue weighted by molar-refractivity contribution is -0.131. The molecule has 0 saturated carbocycles. The summed E-state index contributed by atoms with van der Waals surface area (Å²) in [6.07, 6.45) is 6.53. The summed E-state index contributed by atoms with van der Waals surface area (Å²) in [5.41, 5.74) is 2.05. The zero-order valence-corrected chi connectivity index (χ0v) is 17.1. The minimum atomic E-state index is 0.0186. The summed E-state index contributed by atoms with van der Waals surface area (Å²) in [5, 5.41) is 0. The Bertz CT molecular complexity index is 919. The zero-order chi connectivity index (χ0) is 20.0. The van der Waals surface area contributed by atoms with Gasteiger partial charge >= 0.3 is 0 Å². The second kappa shape index (κ2) is 7.37. The number of carbonyl (C=O) groups is 1. The third kappa shape index (κ3) is 3.27. The predicted molar refractivity (Wildman–Crippen MR) is 109 cm³/mol. The van der Waals surface area contributed by atoms with Crippen LogP contribution in [0.5, 0.6) is 11.5 Å². The van der Waals surface area contributed by atoms with Gasteiger partial charge in [-0.1, -0.05) is 6.42 Å². The summed E-state index contributed by atoms with van der Waals surface area (Å²) >= 11 is 0. The van der Waals surface area contributed by atoms with Gasteiger partial charge in [-0.25, -0.2) is 4.98 Å². The number of hydrogen-bond acceptors (Lipinski definition) is 5. The highest BCUT2D eigenvalue weighted by molar-refractivity contribution is 5.81. The molecule has 29 heavy (non-hydrogen) atoms. The van der Waals surface area contributed by atoms with Crippen molar-refractivity contribution in [3.63, 3.8) is 0 Å². The molecular formula is C22H28N4O3. The molecule has 4 heterocycles. The Labute approximate surface area is 171 Å². The average molecular weight is 396 g/mol. The first kappa shape index (κ1) is 18.5. The van der Waals surface area contributed by atoms with Crippen LogP contribution in [0.3, 0.4) is 0 Å². The highest BCUT2D eigenvalue weighted by Gasteiger charge is 2.40. The molecule has 5 rings (SSSR count). The van der Waals surface area contributed by atoms with Crippen LogP contribution >= 0.6 is 0 Å². The van der Waals surface area contributed by atoms with Crippen molar-refractivity contribution in [3.05, 3.63) is 30.2 Å². The maximum atomic E-state index is 12.9. The van der Waals surface area contributed by atoms with Crippen LogP contribution in [-0.4, -0.2) is 58.7 Å². The molecule has 0 bridgehead atoms. The smallest absolute Gasteiger partial charge is 0.231 e. The van der Waals surface area contributed by atoms with Crippen molar-refractivity contribution in [2.75, 3.05) is 33.5 Å². The SMILES string of the molecule is CN1C(=O)[C@@H](CN2CCCCC2)C[C@H]1c1ncc(-c2ccc3c(c2)OCO3)n1C. The average Bonchev–Trinajstić information content (AvgIpc) is 3.42. The molecule has 2 fully saturated rings. The van der Waals surface area contributed by atoms with Crippen molar-refractivity contribution < 1.29 is 14.3 Å². The van der Waals surface area contributed by atoms with Gasteiger partial charge in [0.05, 0.1) is 23.9 Å². The number of imidazole rings is 1. The van der Waals surface area contributed by atoms with Crippen LogP contribution < -0.4 is 9.47 Å². The molecule has 3 aliphatic heterocycles. The number of aromatic nitrogens is 2. The predicted octanol–water partition coefficient (Wildman–Crippen LogP) is 2.82. The van der Waals surface area contributed by atoms with Gasteiger partial charge in [0.1, 0.15) is 5.82 Å². The van der Waals surface area contributed by atoms with Gasteiger partial charge in [-0.05, 0) is 50.6 Å². The quantitative estimate of drug-likeness (QED) is 0.795. The van der Waals surface area contributed by atoms with Gasteiger partial charge in [0.15, 0.2) is 11.5 Å². The minimum Gasteiger partial charge on any atom is -0.454 e. The van der Waals surface area contributed by atoms with E-state index < -0.39 is 0 Å². The summed E-state index contributed by atoms with van der Waals surface area (Å²) in [5.74, 6) is 2.79. The van der Waals surface area contributed by atoms with Crippen LogP contribution in [0.2, 0.25) is 0 Å². The molecule has 2 aromatic rings. The molecule has 7 heteroatoms. The lowest BCUT2D eigenvalue weighted by Gasteiger charge is -2.28. The fourth-order valence-electron chi connectivity index (χ4n) is 4.91. The van der Waals surface area contributed by atoms with E-state index >= 15 is 0 Å². The monoisotopic (exact) mass is 396 g/mol. The van der Waals surface area contributed by atoms with Gasteiger partial charge in [-0.3, -0.25) is 4.79 Å². The van der Waals surface area contributed by atoms with Crippen molar-refractivity contribution in [3.8, 4) is 22.8 Å². The van der Waals surface area contributed by atoms with E-state index in [9.17, 15) is 4.79 Å². The third-order valence-corrected chi connectivity index (χ3v) is 6.59. The number of hydrogen-bond donors (Lipinski definition) is 0. The summed E-state index contributed by atoms with van der Waals surface area (Å²) in [7, 11) is 3.94. The lowest BCUT2D eigenvalue weighted by Crippen LogP contribution is -2.37. The van der Waals surface area contributed by atoms with Crippen molar-refractivity contribution in [1.29, 1.82) is 0 Å². The van der Waals surface area contributed by atoms with Gasteiger partial charge in [0.2, 0.25) is 12.7 Å². The number of fused-ring (bicyclic) bond motifs is 1. The largest absolute Gasteiger partial charge is 0.454 e. The van der Waals surface area contributed by atoms with Gasteiger partial charge in [0, 0.05) is 26.2 Å². The Morgan fingerprint density at radius 1 is 1.10 bits per heavy atom. The van der Waals surface area contributed by atoms with Crippen LogP contribution in [0.15, 0.2) is 24.4 Å². The van der Waals surface area contributed by atoms with Crippen molar-refractivity contribution in [2.24, 2.45) is 13.0 Å². The number of amides is 1. The summed E-state index contributed by atoms with van der Waals surface area (Å²) in [4.78, 5) is 22.0. The number of benzene rings is 1. The number of likely N-dealkylation sites (tertiary alicyclic amines) is 2. The molecule has 1 aromatic carbocycles. The number of piperidine rings is 1. The molecule has 1 aromatic heterocycles. The van der Waals surface area contributed by atoms with Crippen LogP contribution in [0.4, 0.5) is 0 Å². The van der Waals surface area contributed by atoms with Gasteiger partial charge in [0.25, 0.3) is 0 Å². The fraction of sp³-hybridized carbons (Fsp3) is 0.545. The van der Waals surface area contributed by atoms with Crippen LogP contribution in [-0.2, 0) is 11.8 Å². The van der Waals surface area contributed by atoms with E-state index in [0.717, 1.165) is 54.6 Å². The van der Waals surface area contributed by atoms with E-state index in [4.69, 9.17) is 14.5 Å². The molecule has 0 aliphatic carbocycles. The highest BCUT2D eigenvalue weighted by atomic mass is 16.7. The van der Waals surface area contributed by atoms with Crippen LogP contribution in [0.25, 0.3) is 11.3 Å². The second-order valence-corrected chi connectivity index (χ2v) is 8.39. The normalized spacial score (nSPS) is 24.5. The number of ether oxygens (including phenoxy) is 2. The Morgan fingerprint density at radius 3 is 2.72 bits per heavy atom. The summed E-state index contributed by atoms with van der Waals surface area (Å²) < 4.78 is 13.0. The van der Waals surface area contributed by atoms with Crippen molar-refractivity contribution in [1.82, 2.24) is 19.4 Å². The Morgan fingerprint density at radius 2 is 1.90 bits per heavy atom. The first-order valence-electron chi connectivity index (χ1n) is 10.5. The molecule has 1 amide bonds. The Kier molecular flexibility index (Phi) is 4.70. The van der Waals surface area contributed by atoms with Gasteiger partial charge in [-0.15, -0.1) is 0 Å².